The molecule has 2 unspecified atom stereocenters. The van der Waals surface area contributed by atoms with E-state index in [4.69, 9.17) is 11.6 Å². The molecule has 2 aromatic heterocycles. The maximum absolute atomic E-state index is 12.2. The molecule has 5 nitrogen and oxygen atoms in total. The summed E-state index contributed by atoms with van der Waals surface area (Å²) in [7, 11) is 0. The van der Waals surface area contributed by atoms with Crippen LogP contribution in [0.2, 0.25) is 0 Å². The number of rotatable bonds is 3. The number of nitrogens with one attached hydrogen (secondary N) is 1. The summed E-state index contributed by atoms with van der Waals surface area (Å²) in [6, 6.07) is 0. The second-order valence-corrected chi connectivity index (χ2v) is 5.80. The van der Waals surface area contributed by atoms with Crippen LogP contribution in [0.4, 0.5) is 0 Å². The van der Waals surface area contributed by atoms with E-state index >= 15 is 0 Å². The van der Waals surface area contributed by atoms with Crippen LogP contribution < -0.4 is 5.32 Å². The summed E-state index contributed by atoms with van der Waals surface area (Å²) in [6.07, 6.45) is 11.1. The molecule has 1 aliphatic rings. The number of hydrogen-bond acceptors (Lipinski definition) is 3. The van der Waals surface area contributed by atoms with E-state index < -0.39 is 0 Å². The van der Waals surface area contributed by atoms with Gasteiger partial charge in [0, 0.05) is 24.3 Å². The van der Waals surface area contributed by atoms with E-state index in [1.807, 2.05) is 0 Å². The minimum atomic E-state index is -0.109. The minimum Gasteiger partial charge on any atom is -0.352 e. The molecule has 106 valence electrons. The minimum absolute atomic E-state index is 0.109. The third kappa shape index (κ3) is 2.63. The molecule has 1 fully saturated rings. The average Bonchev–Trinajstić information content (AvgIpc) is 2.90. The molecular weight excluding hydrogens is 276 g/mol. The molecule has 0 radical (unpaired) electrons. The van der Waals surface area contributed by atoms with Crippen molar-refractivity contribution in [2.75, 3.05) is 6.54 Å². The summed E-state index contributed by atoms with van der Waals surface area (Å²) in [5, 5.41) is 7.29. The van der Waals surface area contributed by atoms with Gasteiger partial charge in [0.25, 0.3) is 5.91 Å². The van der Waals surface area contributed by atoms with Gasteiger partial charge in [-0.05, 0) is 18.8 Å². The second-order valence-electron chi connectivity index (χ2n) is 5.23. The third-order valence-corrected chi connectivity index (χ3v) is 4.49. The maximum Gasteiger partial charge on any atom is 0.255 e. The highest BCUT2D eigenvalue weighted by Gasteiger charge is 2.24. The second kappa shape index (κ2) is 5.79. The molecule has 1 amide bonds. The smallest absolute Gasteiger partial charge is 0.255 e. The normalized spacial score (nSPS) is 22.9. The molecule has 1 aliphatic carbocycles. The Hall–Kier alpha value is -1.62. The van der Waals surface area contributed by atoms with Crippen molar-refractivity contribution in [3.05, 3.63) is 30.4 Å². The van der Waals surface area contributed by atoms with Crippen molar-refractivity contribution in [3.8, 4) is 0 Å². The summed E-state index contributed by atoms with van der Waals surface area (Å²) in [6.45, 7) is 0.630. The molecular formula is C14H17ClN4O. The number of aromatic nitrogens is 3. The molecule has 2 aromatic rings. The fourth-order valence-corrected chi connectivity index (χ4v) is 3.09. The molecule has 0 saturated heterocycles. The van der Waals surface area contributed by atoms with Crippen molar-refractivity contribution in [1.29, 1.82) is 0 Å². The Balaban J connectivity index is 1.67. The van der Waals surface area contributed by atoms with Crippen molar-refractivity contribution in [2.24, 2.45) is 5.92 Å². The van der Waals surface area contributed by atoms with Crippen molar-refractivity contribution in [2.45, 2.75) is 31.1 Å². The van der Waals surface area contributed by atoms with E-state index in [2.05, 4.69) is 15.4 Å². The molecule has 20 heavy (non-hydrogen) atoms. The number of alkyl halides is 1. The zero-order valence-electron chi connectivity index (χ0n) is 11.1. The first kappa shape index (κ1) is 13.4. The first-order valence-electron chi connectivity index (χ1n) is 6.95. The van der Waals surface area contributed by atoms with Crippen molar-refractivity contribution in [3.63, 3.8) is 0 Å². The van der Waals surface area contributed by atoms with Crippen LogP contribution in [0.3, 0.4) is 0 Å². The Morgan fingerprint density at radius 2 is 2.25 bits per heavy atom. The lowest BCUT2D eigenvalue weighted by molar-refractivity contribution is 0.0945. The standard InChI is InChI=1S/C14H17ClN4O/c15-12-4-2-1-3-10(12)7-17-14(20)11-8-18-19-6-5-16-9-13(11)19/h5-6,8-10,12H,1-4,7H2,(H,17,20). The predicted octanol–water partition coefficient (Wildman–Crippen LogP) is 2.26. The molecule has 6 heteroatoms. The Morgan fingerprint density at radius 3 is 3.10 bits per heavy atom. The Morgan fingerprint density at radius 1 is 1.40 bits per heavy atom. The van der Waals surface area contributed by atoms with Crippen molar-refractivity contribution < 1.29 is 4.79 Å². The first-order valence-corrected chi connectivity index (χ1v) is 7.39. The molecule has 0 aliphatic heterocycles. The van der Waals surface area contributed by atoms with Gasteiger partial charge in [-0.3, -0.25) is 9.78 Å². The van der Waals surface area contributed by atoms with Crippen LogP contribution in [-0.2, 0) is 0 Å². The summed E-state index contributed by atoms with van der Waals surface area (Å²) >= 11 is 6.31. The number of carbonyl (C=O) groups is 1. The first-order chi connectivity index (χ1) is 9.75. The van der Waals surface area contributed by atoms with Gasteiger partial charge in [-0.2, -0.15) is 5.10 Å². The number of nitrogens with zero attached hydrogens (tertiary/aromatic N) is 3. The zero-order chi connectivity index (χ0) is 13.9. The molecule has 2 heterocycles. The lowest BCUT2D eigenvalue weighted by Crippen LogP contribution is -2.34. The third-order valence-electron chi connectivity index (χ3n) is 3.91. The number of amides is 1. The van der Waals surface area contributed by atoms with Gasteiger partial charge >= 0.3 is 0 Å². The molecule has 0 bridgehead atoms. The van der Waals surface area contributed by atoms with Crippen LogP contribution >= 0.6 is 11.6 Å². The topological polar surface area (TPSA) is 59.3 Å². The summed E-state index contributed by atoms with van der Waals surface area (Å²) in [5.74, 6) is 0.261. The number of fused-ring (bicyclic) bond motifs is 1. The van der Waals surface area contributed by atoms with Gasteiger partial charge in [-0.15, -0.1) is 11.6 Å². The van der Waals surface area contributed by atoms with Gasteiger partial charge in [-0.25, -0.2) is 4.52 Å². The van der Waals surface area contributed by atoms with Gasteiger partial charge in [0.2, 0.25) is 0 Å². The Kier molecular flexibility index (Phi) is 3.87. The summed E-state index contributed by atoms with van der Waals surface area (Å²) in [4.78, 5) is 16.3. The van der Waals surface area contributed by atoms with E-state index in [9.17, 15) is 4.79 Å². The lowest BCUT2D eigenvalue weighted by atomic mass is 9.88. The van der Waals surface area contributed by atoms with Crippen LogP contribution in [0.1, 0.15) is 36.0 Å². The van der Waals surface area contributed by atoms with E-state index in [0.717, 1.165) is 18.4 Å². The molecule has 0 aromatic carbocycles. The Bertz CT molecular complexity index is 612. The highest BCUT2D eigenvalue weighted by Crippen LogP contribution is 2.28. The van der Waals surface area contributed by atoms with Gasteiger partial charge in [0.15, 0.2) is 0 Å². The van der Waals surface area contributed by atoms with Gasteiger partial charge in [-0.1, -0.05) is 12.8 Å². The number of carbonyl (C=O) groups excluding carboxylic acids is 1. The van der Waals surface area contributed by atoms with Crippen LogP contribution in [0.15, 0.2) is 24.8 Å². The molecule has 3 rings (SSSR count). The molecule has 2 atom stereocenters. The van der Waals surface area contributed by atoms with Crippen LogP contribution in [-0.4, -0.2) is 32.4 Å². The SMILES string of the molecule is O=C(NCC1CCCCC1Cl)c1cnn2ccncc12. The molecule has 1 saturated carbocycles. The van der Waals surface area contributed by atoms with E-state index in [-0.39, 0.29) is 11.3 Å². The van der Waals surface area contributed by atoms with Crippen molar-refractivity contribution in [1.82, 2.24) is 19.9 Å². The average molecular weight is 293 g/mol. The van der Waals surface area contributed by atoms with Crippen LogP contribution in [0, 0.1) is 5.92 Å². The van der Waals surface area contributed by atoms with E-state index in [0.29, 0.717) is 18.0 Å². The highest BCUT2D eigenvalue weighted by atomic mass is 35.5. The van der Waals surface area contributed by atoms with E-state index in [1.165, 1.54) is 12.8 Å². The van der Waals surface area contributed by atoms with E-state index in [1.54, 1.807) is 29.3 Å². The maximum atomic E-state index is 12.2. The van der Waals surface area contributed by atoms with Gasteiger partial charge in [0.1, 0.15) is 0 Å². The Labute approximate surface area is 122 Å². The quantitative estimate of drug-likeness (QED) is 0.883. The lowest BCUT2D eigenvalue weighted by Gasteiger charge is -2.26. The van der Waals surface area contributed by atoms with Gasteiger partial charge < -0.3 is 5.32 Å². The summed E-state index contributed by atoms with van der Waals surface area (Å²) < 4.78 is 1.65. The predicted molar refractivity (Wildman–Crippen MR) is 76.9 cm³/mol. The number of halogens is 1. The fourth-order valence-electron chi connectivity index (χ4n) is 2.72. The number of hydrogen-bond donors (Lipinski definition) is 1. The monoisotopic (exact) mass is 292 g/mol. The fraction of sp³-hybridized carbons (Fsp3) is 0.500. The zero-order valence-corrected chi connectivity index (χ0v) is 11.9. The van der Waals surface area contributed by atoms with Crippen molar-refractivity contribution >= 4 is 23.0 Å². The van der Waals surface area contributed by atoms with Crippen LogP contribution in [0.25, 0.3) is 5.52 Å². The largest absolute Gasteiger partial charge is 0.352 e. The van der Waals surface area contributed by atoms with Crippen LogP contribution in [0.5, 0.6) is 0 Å². The molecule has 0 spiro atoms. The highest BCUT2D eigenvalue weighted by molar-refractivity contribution is 6.20. The molecule has 1 N–H and O–H groups in total. The van der Waals surface area contributed by atoms with Gasteiger partial charge in [0.05, 0.1) is 23.5 Å². The summed E-state index contributed by atoms with van der Waals surface area (Å²) in [5.41, 5.74) is 1.27.